The molecular formula is C25H21N5O3S. The van der Waals surface area contributed by atoms with Gasteiger partial charge in [-0.25, -0.2) is 9.78 Å². The number of nitrogens with two attached hydrogens (primary N) is 1. The summed E-state index contributed by atoms with van der Waals surface area (Å²) in [6.45, 7) is 0.293. The largest absolute Gasteiger partial charge is 0.352 e. The molecule has 0 unspecified atom stereocenters. The van der Waals surface area contributed by atoms with Gasteiger partial charge in [-0.05, 0) is 42.0 Å². The Bertz CT molecular complexity index is 1300. The number of carbonyl (C=O) groups excluding carboxylic acids is 3. The first-order valence-electron chi connectivity index (χ1n) is 10.3. The zero-order chi connectivity index (χ0) is 23.9. The van der Waals surface area contributed by atoms with Gasteiger partial charge in [0.05, 0.1) is 5.69 Å². The van der Waals surface area contributed by atoms with Crippen LogP contribution in [0, 0.1) is 0 Å². The van der Waals surface area contributed by atoms with Crippen LogP contribution >= 0.6 is 11.3 Å². The van der Waals surface area contributed by atoms with E-state index < -0.39 is 6.03 Å². The summed E-state index contributed by atoms with van der Waals surface area (Å²) in [5.41, 5.74) is 9.20. The summed E-state index contributed by atoms with van der Waals surface area (Å²) in [7, 11) is 0. The van der Waals surface area contributed by atoms with E-state index in [9.17, 15) is 14.4 Å². The van der Waals surface area contributed by atoms with Gasteiger partial charge in [0.1, 0.15) is 0 Å². The summed E-state index contributed by atoms with van der Waals surface area (Å²) in [6, 6.07) is 22.6. The van der Waals surface area contributed by atoms with E-state index in [0.29, 0.717) is 34.2 Å². The first kappa shape index (κ1) is 22.7. The molecule has 0 bridgehead atoms. The normalized spacial score (nSPS) is 10.4. The van der Waals surface area contributed by atoms with Crippen LogP contribution in [0.5, 0.6) is 0 Å². The minimum Gasteiger partial charge on any atom is -0.352 e. The second kappa shape index (κ2) is 10.4. The second-order valence-electron chi connectivity index (χ2n) is 7.30. The van der Waals surface area contributed by atoms with Crippen molar-refractivity contribution in [2.24, 2.45) is 5.73 Å². The van der Waals surface area contributed by atoms with Gasteiger partial charge in [-0.1, -0.05) is 42.5 Å². The van der Waals surface area contributed by atoms with Crippen molar-refractivity contribution < 1.29 is 14.4 Å². The molecule has 1 aromatic heterocycles. The lowest BCUT2D eigenvalue weighted by Gasteiger charge is -2.06. The van der Waals surface area contributed by atoms with E-state index in [-0.39, 0.29) is 11.8 Å². The van der Waals surface area contributed by atoms with Gasteiger partial charge in [-0.2, -0.15) is 0 Å². The molecule has 0 aliphatic rings. The second-order valence-corrected chi connectivity index (χ2v) is 8.16. The molecule has 0 spiro atoms. The molecule has 34 heavy (non-hydrogen) atoms. The standard InChI is InChI=1S/C25H21N5O3S/c26-24(33)27-14-16-6-8-19(9-7-16)23(32)30-25-29-21(15-34-25)17-10-12-20(13-11-17)28-22(31)18-4-2-1-3-5-18/h1-13,15H,14H2,(H,28,31)(H3,26,27,33)(H,29,30,32). The maximum Gasteiger partial charge on any atom is 0.312 e. The van der Waals surface area contributed by atoms with Crippen molar-refractivity contribution in [2.45, 2.75) is 6.54 Å². The number of aromatic nitrogens is 1. The summed E-state index contributed by atoms with van der Waals surface area (Å²) in [6.07, 6.45) is 0. The van der Waals surface area contributed by atoms with Gasteiger partial charge in [-0.15, -0.1) is 11.3 Å². The molecule has 1 heterocycles. The van der Waals surface area contributed by atoms with Crippen LogP contribution in [-0.2, 0) is 6.54 Å². The van der Waals surface area contributed by atoms with Crippen molar-refractivity contribution in [1.82, 2.24) is 10.3 Å². The van der Waals surface area contributed by atoms with Gasteiger partial charge in [0.25, 0.3) is 11.8 Å². The number of thiazole rings is 1. The van der Waals surface area contributed by atoms with E-state index in [0.717, 1.165) is 11.1 Å². The number of urea groups is 1. The lowest BCUT2D eigenvalue weighted by molar-refractivity contribution is 0.101. The highest BCUT2D eigenvalue weighted by Gasteiger charge is 2.11. The van der Waals surface area contributed by atoms with Gasteiger partial charge >= 0.3 is 6.03 Å². The van der Waals surface area contributed by atoms with E-state index in [1.54, 1.807) is 36.4 Å². The van der Waals surface area contributed by atoms with Crippen LogP contribution < -0.4 is 21.7 Å². The SMILES string of the molecule is NC(=O)NCc1ccc(C(=O)Nc2nc(-c3ccc(NC(=O)c4ccccc4)cc3)cs2)cc1. The molecule has 170 valence electrons. The smallest absolute Gasteiger partial charge is 0.312 e. The number of rotatable bonds is 7. The highest BCUT2D eigenvalue weighted by atomic mass is 32.1. The molecule has 3 aromatic carbocycles. The summed E-state index contributed by atoms with van der Waals surface area (Å²) < 4.78 is 0. The van der Waals surface area contributed by atoms with E-state index in [4.69, 9.17) is 5.73 Å². The predicted octanol–water partition coefficient (Wildman–Crippen LogP) is 4.48. The van der Waals surface area contributed by atoms with E-state index in [1.165, 1.54) is 11.3 Å². The number of anilines is 2. The van der Waals surface area contributed by atoms with Crippen LogP contribution in [0.3, 0.4) is 0 Å². The lowest BCUT2D eigenvalue weighted by Crippen LogP contribution is -2.28. The van der Waals surface area contributed by atoms with Crippen molar-refractivity contribution in [3.05, 3.63) is 101 Å². The summed E-state index contributed by atoms with van der Waals surface area (Å²) in [4.78, 5) is 40.1. The van der Waals surface area contributed by atoms with Crippen molar-refractivity contribution in [3.8, 4) is 11.3 Å². The van der Waals surface area contributed by atoms with Crippen LogP contribution in [0.15, 0.2) is 84.2 Å². The summed E-state index contributed by atoms with van der Waals surface area (Å²) in [5.74, 6) is -0.460. The first-order valence-corrected chi connectivity index (χ1v) is 11.2. The van der Waals surface area contributed by atoms with Crippen molar-refractivity contribution in [3.63, 3.8) is 0 Å². The van der Waals surface area contributed by atoms with Gasteiger partial charge in [0.2, 0.25) is 0 Å². The molecule has 0 atom stereocenters. The molecule has 0 fully saturated rings. The molecule has 9 heteroatoms. The Morgan fingerprint density at radius 3 is 2.12 bits per heavy atom. The van der Waals surface area contributed by atoms with Crippen LogP contribution in [0.25, 0.3) is 11.3 Å². The number of benzene rings is 3. The molecule has 0 saturated carbocycles. The van der Waals surface area contributed by atoms with Crippen LogP contribution in [0.4, 0.5) is 15.6 Å². The number of hydrogen-bond donors (Lipinski definition) is 4. The Hall–Kier alpha value is -4.50. The number of carbonyl (C=O) groups is 3. The molecule has 8 nitrogen and oxygen atoms in total. The Balaban J connectivity index is 1.36. The maximum atomic E-state index is 12.5. The predicted molar refractivity (Wildman–Crippen MR) is 133 cm³/mol. The fraction of sp³-hybridized carbons (Fsp3) is 0.0400. The maximum absolute atomic E-state index is 12.5. The Kier molecular flexibility index (Phi) is 6.95. The van der Waals surface area contributed by atoms with E-state index in [2.05, 4.69) is 20.9 Å². The number of hydrogen-bond acceptors (Lipinski definition) is 5. The summed E-state index contributed by atoms with van der Waals surface area (Å²) in [5, 5.41) is 10.5. The molecule has 4 amide bonds. The highest BCUT2D eigenvalue weighted by Crippen LogP contribution is 2.26. The molecule has 4 aromatic rings. The van der Waals surface area contributed by atoms with Gasteiger partial charge in [0, 0.05) is 34.3 Å². The molecule has 4 rings (SSSR count). The third-order valence-corrected chi connectivity index (χ3v) is 5.64. The highest BCUT2D eigenvalue weighted by molar-refractivity contribution is 7.14. The van der Waals surface area contributed by atoms with E-state index in [1.807, 2.05) is 47.8 Å². The van der Waals surface area contributed by atoms with Crippen molar-refractivity contribution in [2.75, 3.05) is 10.6 Å². The molecular weight excluding hydrogens is 450 g/mol. The average Bonchev–Trinajstić information content (AvgIpc) is 3.32. The summed E-state index contributed by atoms with van der Waals surface area (Å²) >= 11 is 1.32. The number of amides is 4. The monoisotopic (exact) mass is 471 g/mol. The topological polar surface area (TPSA) is 126 Å². The fourth-order valence-electron chi connectivity index (χ4n) is 3.11. The van der Waals surface area contributed by atoms with Gasteiger partial charge < -0.3 is 16.4 Å². The number of nitrogens with one attached hydrogen (secondary N) is 3. The molecule has 5 N–H and O–H groups in total. The van der Waals surface area contributed by atoms with E-state index >= 15 is 0 Å². The molecule has 0 aliphatic carbocycles. The lowest BCUT2D eigenvalue weighted by atomic mass is 10.1. The van der Waals surface area contributed by atoms with Crippen molar-refractivity contribution >= 4 is 40.0 Å². The van der Waals surface area contributed by atoms with Crippen LogP contribution in [-0.4, -0.2) is 22.8 Å². The Morgan fingerprint density at radius 2 is 1.44 bits per heavy atom. The number of nitrogens with zero attached hydrogens (tertiary/aromatic N) is 1. The molecule has 0 aliphatic heterocycles. The minimum atomic E-state index is -0.604. The molecule has 0 saturated heterocycles. The first-order chi connectivity index (χ1) is 16.5. The molecule has 0 radical (unpaired) electrons. The van der Waals surface area contributed by atoms with Crippen LogP contribution in [0.2, 0.25) is 0 Å². The third kappa shape index (κ3) is 5.84. The van der Waals surface area contributed by atoms with Gasteiger partial charge in [0.15, 0.2) is 5.13 Å². The third-order valence-electron chi connectivity index (χ3n) is 4.88. The average molecular weight is 472 g/mol. The van der Waals surface area contributed by atoms with Gasteiger partial charge in [-0.3, -0.25) is 14.9 Å². The van der Waals surface area contributed by atoms with Crippen LogP contribution in [0.1, 0.15) is 26.3 Å². The Morgan fingerprint density at radius 1 is 0.794 bits per heavy atom. The number of primary amides is 1. The quantitative estimate of drug-likeness (QED) is 0.317. The Labute approximate surface area is 199 Å². The van der Waals surface area contributed by atoms with Crippen molar-refractivity contribution in [1.29, 1.82) is 0 Å². The zero-order valence-corrected chi connectivity index (χ0v) is 18.8. The minimum absolute atomic E-state index is 0.177. The fourth-order valence-corrected chi connectivity index (χ4v) is 3.83. The zero-order valence-electron chi connectivity index (χ0n) is 17.9.